The van der Waals surface area contributed by atoms with E-state index in [1.54, 1.807) is 18.2 Å². The molecule has 0 saturated heterocycles. The minimum absolute atomic E-state index is 0.305. The molecule has 0 spiro atoms. The number of hydrogen-bond donors (Lipinski definition) is 1. The topological polar surface area (TPSA) is 53.4 Å². The highest BCUT2D eigenvalue weighted by Gasteiger charge is 2.13. The van der Waals surface area contributed by atoms with E-state index in [-0.39, 0.29) is 5.82 Å². The third-order valence-electron chi connectivity index (χ3n) is 3.91. The molecule has 130 valence electrons. The quantitative estimate of drug-likeness (QED) is 0.676. The number of carboxylic acid groups (broad SMARTS) is 1. The Kier molecular flexibility index (Phi) is 5.08. The van der Waals surface area contributed by atoms with Gasteiger partial charge in [-0.25, -0.2) is 14.2 Å². The molecule has 3 rings (SSSR count). The molecule has 5 heteroatoms. The highest BCUT2D eigenvalue weighted by molar-refractivity contribution is 5.86. The molecule has 2 aromatic carbocycles. The van der Waals surface area contributed by atoms with E-state index >= 15 is 0 Å². The van der Waals surface area contributed by atoms with Gasteiger partial charge in [0.25, 0.3) is 0 Å². The smallest absolute Gasteiger partial charge is 0.328 e. The Hall–Kier alpha value is -3.47. The summed E-state index contributed by atoms with van der Waals surface area (Å²) >= 11 is 0. The molecule has 0 aliphatic heterocycles. The van der Waals surface area contributed by atoms with Crippen molar-refractivity contribution < 1.29 is 14.3 Å². The standard InChI is InChI=1S/C21H17FN2O2/c1-24(18-5-3-2-4-6-18)21-19(15-7-9-16(22)10-8-15)13-11-17(23-21)12-14-20(25)26/h2-14H,1H3,(H,25,26). The number of carboxylic acids is 1. The lowest BCUT2D eigenvalue weighted by Crippen LogP contribution is -2.13. The van der Waals surface area contributed by atoms with Gasteiger partial charge >= 0.3 is 5.97 Å². The van der Waals surface area contributed by atoms with Crippen molar-refractivity contribution >= 4 is 23.6 Å². The van der Waals surface area contributed by atoms with Crippen molar-refractivity contribution in [2.24, 2.45) is 0 Å². The highest BCUT2D eigenvalue weighted by atomic mass is 19.1. The number of anilines is 2. The normalized spacial score (nSPS) is 10.8. The van der Waals surface area contributed by atoms with Gasteiger partial charge in [0.2, 0.25) is 0 Å². The van der Waals surface area contributed by atoms with E-state index in [0.717, 1.165) is 22.9 Å². The molecule has 0 aliphatic rings. The molecular formula is C21H17FN2O2. The van der Waals surface area contributed by atoms with E-state index in [1.807, 2.05) is 48.3 Å². The SMILES string of the molecule is CN(c1ccccc1)c1nc(C=CC(=O)O)ccc1-c1ccc(F)cc1. The van der Waals surface area contributed by atoms with E-state index in [1.165, 1.54) is 18.2 Å². The van der Waals surface area contributed by atoms with Crippen LogP contribution in [0.3, 0.4) is 0 Å². The van der Waals surface area contributed by atoms with E-state index < -0.39 is 5.97 Å². The van der Waals surface area contributed by atoms with Crippen molar-refractivity contribution in [2.75, 3.05) is 11.9 Å². The Balaban J connectivity index is 2.11. The highest BCUT2D eigenvalue weighted by Crippen LogP contribution is 2.33. The molecule has 0 bridgehead atoms. The molecule has 1 aromatic heterocycles. The second kappa shape index (κ2) is 7.61. The molecule has 0 radical (unpaired) electrons. The minimum Gasteiger partial charge on any atom is -0.478 e. The van der Waals surface area contributed by atoms with Crippen LogP contribution in [-0.4, -0.2) is 23.1 Å². The Labute approximate surface area is 150 Å². The summed E-state index contributed by atoms with van der Waals surface area (Å²) in [6, 6.07) is 19.5. The van der Waals surface area contributed by atoms with Crippen LogP contribution in [0, 0.1) is 5.82 Å². The van der Waals surface area contributed by atoms with Crippen LogP contribution < -0.4 is 4.90 Å². The average molecular weight is 348 g/mol. The largest absolute Gasteiger partial charge is 0.478 e. The summed E-state index contributed by atoms with van der Waals surface area (Å²) in [4.78, 5) is 17.3. The van der Waals surface area contributed by atoms with Gasteiger partial charge in [0, 0.05) is 24.4 Å². The van der Waals surface area contributed by atoms with E-state index in [2.05, 4.69) is 4.98 Å². The summed E-state index contributed by atoms with van der Waals surface area (Å²) in [6.07, 6.45) is 2.49. The number of aliphatic carboxylic acids is 1. The molecule has 4 nitrogen and oxygen atoms in total. The Morgan fingerprint density at radius 3 is 2.38 bits per heavy atom. The van der Waals surface area contributed by atoms with Gasteiger partial charge in [-0.3, -0.25) is 0 Å². The lowest BCUT2D eigenvalue weighted by atomic mass is 10.0. The van der Waals surface area contributed by atoms with Gasteiger partial charge in [-0.15, -0.1) is 0 Å². The van der Waals surface area contributed by atoms with Crippen molar-refractivity contribution in [1.82, 2.24) is 4.98 Å². The fraction of sp³-hybridized carbons (Fsp3) is 0.0476. The number of carbonyl (C=O) groups is 1. The van der Waals surface area contributed by atoms with Crippen LogP contribution in [-0.2, 0) is 4.79 Å². The summed E-state index contributed by atoms with van der Waals surface area (Å²) in [5.41, 5.74) is 3.10. The Morgan fingerprint density at radius 1 is 1.04 bits per heavy atom. The molecule has 0 unspecified atom stereocenters. The molecule has 1 N–H and O–H groups in total. The van der Waals surface area contributed by atoms with E-state index in [9.17, 15) is 9.18 Å². The summed E-state index contributed by atoms with van der Waals surface area (Å²) in [7, 11) is 1.88. The number of aromatic nitrogens is 1. The first-order chi connectivity index (χ1) is 12.5. The van der Waals surface area contributed by atoms with Gasteiger partial charge in [-0.1, -0.05) is 30.3 Å². The monoisotopic (exact) mass is 348 g/mol. The number of pyridine rings is 1. The molecule has 0 saturated carbocycles. The Morgan fingerprint density at radius 2 is 1.73 bits per heavy atom. The van der Waals surface area contributed by atoms with Crippen molar-refractivity contribution in [2.45, 2.75) is 0 Å². The molecule has 0 fully saturated rings. The second-order valence-electron chi connectivity index (χ2n) is 5.68. The summed E-state index contributed by atoms with van der Waals surface area (Å²) in [5, 5.41) is 8.83. The van der Waals surface area contributed by atoms with Gasteiger partial charge in [-0.2, -0.15) is 0 Å². The number of halogens is 1. The van der Waals surface area contributed by atoms with Crippen LogP contribution in [0.15, 0.2) is 72.8 Å². The van der Waals surface area contributed by atoms with Crippen molar-refractivity contribution in [1.29, 1.82) is 0 Å². The third kappa shape index (κ3) is 3.95. The molecule has 0 aliphatic carbocycles. The van der Waals surface area contributed by atoms with Crippen molar-refractivity contribution in [3.05, 3.63) is 84.3 Å². The van der Waals surface area contributed by atoms with Crippen molar-refractivity contribution in [3.8, 4) is 11.1 Å². The zero-order valence-corrected chi connectivity index (χ0v) is 14.1. The lowest BCUT2D eigenvalue weighted by molar-refractivity contribution is -0.131. The van der Waals surface area contributed by atoms with Crippen molar-refractivity contribution in [3.63, 3.8) is 0 Å². The average Bonchev–Trinajstić information content (AvgIpc) is 2.67. The summed E-state index contributed by atoms with van der Waals surface area (Å²) < 4.78 is 13.3. The maximum Gasteiger partial charge on any atom is 0.328 e. The number of para-hydroxylation sites is 1. The van der Waals surface area contributed by atoms with Gasteiger partial charge < -0.3 is 10.0 Å². The van der Waals surface area contributed by atoms with Gasteiger partial charge in [0.15, 0.2) is 0 Å². The fourth-order valence-corrected chi connectivity index (χ4v) is 2.60. The predicted octanol–water partition coefficient (Wildman–Crippen LogP) is 4.75. The first-order valence-corrected chi connectivity index (χ1v) is 8.01. The van der Waals surface area contributed by atoms with Gasteiger partial charge in [0.1, 0.15) is 11.6 Å². The van der Waals surface area contributed by atoms with Gasteiger partial charge in [0.05, 0.1) is 5.69 Å². The maximum absolute atomic E-state index is 13.3. The zero-order valence-electron chi connectivity index (χ0n) is 14.1. The first kappa shape index (κ1) is 17.4. The minimum atomic E-state index is -1.03. The fourth-order valence-electron chi connectivity index (χ4n) is 2.60. The zero-order chi connectivity index (χ0) is 18.5. The van der Waals surface area contributed by atoms with E-state index in [0.29, 0.717) is 11.5 Å². The summed E-state index contributed by atoms with van der Waals surface area (Å²) in [5.74, 6) is -0.691. The molecule has 1 heterocycles. The number of hydrogen-bond acceptors (Lipinski definition) is 3. The van der Waals surface area contributed by atoms with Crippen LogP contribution in [0.2, 0.25) is 0 Å². The molecule has 3 aromatic rings. The molecule has 26 heavy (non-hydrogen) atoms. The van der Waals surface area contributed by atoms with Crippen LogP contribution in [0.1, 0.15) is 5.69 Å². The molecule has 0 amide bonds. The number of benzene rings is 2. The predicted molar refractivity (Wildman–Crippen MR) is 101 cm³/mol. The Bertz CT molecular complexity index is 938. The number of nitrogens with zero attached hydrogens (tertiary/aromatic N) is 2. The third-order valence-corrected chi connectivity index (χ3v) is 3.91. The van der Waals surface area contributed by atoms with Crippen LogP contribution >= 0.6 is 0 Å². The maximum atomic E-state index is 13.3. The second-order valence-corrected chi connectivity index (χ2v) is 5.68. The first-order valence-electron chi connectivity index (χ1n) is 8.01. The van der Waals surface area contributed by atoms with E-state index in [4.69, 9.17) is 5.11 Å². The molecular weight excluding hydrogens is 331 g/mol. The van der Waals surface area contributed by atoms with Gasteiger partial charge in [-0.05, 0) is 48.0 Å². The summed E-state index contributed by atoms with van der Waals surface area (Å²) in [6.45, 7) is 0. The van der Waals surface area contributed by atoms with Crippen LogP contribution in [0.25, 0.3) is 17.2 Å². The molecule has 0 atom stereocenters. The number of rotatable bonds is 5. The van der Waals surface area contributed by atoms with Crippen LogP contribution in [0.4, 0.5) is 15.9 Å². The lowest BCUT2D eigenvalue weighted by Gasteiger charge is -2.22. The van der Waals surface area contributed by atoms with Crippen LogP contribution in [0.5, 0.6) is 0 Å².